The molecular weight excluding hydrogens is 780 g/mol. The van der Waals surface area contributed by atoms with E-state index in [0.29, 0.717) is 30.0 Å². The number of hydrogen-bond acceptors (Lipinski definition) is 8. The van der Waals surface area contributed by atoms with Gasteiger partial charge < -0.3 is 14.2 Å². The summed E-state index contributed by atoms with van der Waals surface area (Å²) < 4.78 is 60.8. The number of rotatable bonds is 8. The summed E-state index contributed by atoms with van der Waals surface area (Å²) in [5.41, 5.74) is -2.41. The number of carbonyl (C=O) groups excluding carboxylic acids is 2. The predicted octanol–water partition coefficient (Wildman–Crippen LogP) is 5.30. The van der Waals surface area contributed by atoms with E-state index in [1.54, 1.807) is 19.1 Å². The Balaban J connectivity index is 1.98. The molecule has 0 amide bonds. The zero-order chi connectivity index (χ0) is 30.8. The topological polar surface area (TPSA) is 96.2 Å². The summed E-state index contributed by atoms with van der Waals surface area (Å²) in [6, 6.07) is 7.60. The first kappa shape index (κ1) is 32.2. The number of ether oxygens (including phenoxy) is 3. The Morgan fingerprint density at radius 3 is 2.45 bits per heavy atom. The van der Waals surface area contributed by atoms with Gasteiger partial charge in [-0.25, -0.2) is 14.6 Å². The molecule has 4 rings (SSSR count). The average molecular weight is 800 g/mol. The Hall–Kier alpha value is -2.69. The molecule has 42 heavy (non-hydrogen) atoms. The molecule has 15 heteroatoms. The van der Waals surface area contributed by atoms with Gasteiger partial charge in [0.25, 0.3) is 5.56 Å². The van der Waals surface area contributed by atoms with Gasteiger partial charge in [-0.2, -0.15) is 13.2 Å². The van der Waals surface area contributed by atoms with Crippen molar-refractivity contribution in [3.8, 4) is 5.75 Å². The zero-order valence-corrected chi connectivity index (χ0v) is 27.1. The van der Waals surface area contributed by atoms with Gasteiger partial charge >= 0.3 is 18.1 Å². The first-order valence-electron chi connectivity index (χ1n) is 12.2. The van der Waals surface area contributed by atoms with E-state index in [4.69, 9.17) is 25.8 Å². The maximum absolute atomic E-state index is 14.3. The summed E-state index contributed by atoms with van der Waals surface area (Å²) >= 11 is 12.1. The molecule has 8 nitrogen and oxygen atoms in total. The van der Waals surface area contributed by atoms with E-state index < -0.39 is 47.6 Å². The van der Waals surface area contributed by atoms with Crippen LogP contribution in [0.5, 0.6) is 5.75 Å². The van der Waals surface area contributed by atoms with Crippen LogP contribution >= 0.6 is 61.5 Å². The summed E-state index contributed by atoms with van der Waals surface area (Å²) in [7, 11) is 0. The molecule has 1 aromatic heterocycles. The molecule has 0 fully saturated rings. The fraction of sp³-hybridized carbons (Fsp3) is 0.259. The Kier molecular flexibility index (Phi) is 10.2. The normalized spacial score (nSPS) is 15.2. The van der Waals surface area contributed by atoms with Crippen LogP contribution in [-0.2, 0) is 19.1 Å². The number of fused-ring (bicyclic) bond motifs is 1. The molecule has 0 aliphatic carbocycles. The summed E-state index contributed by atoms with van der Waals surface area (Å²) in [5.74, 6) is -1.59. The molecule has 2 aromatic carbocycles. The summed E-state index contributed by atoms with van der Waals surface area (Å²) in [5, 5.41) is 0.309. The minimum atomic E-state index is -5.03. The fourth-order valence-electron chi connectivity index (χ4n) is 4.12. The Bertz CT molecular complexity index is 1760. The second kappa shape index (κ2) is 13.3. The molecule has 0 unspecified atom stereocenters. The third-order valence-electron chi connectivity index (χ3n) is 5.74. The highest BCUT2D eigenvalue weighted by Gasteiger charge is 2.45. The minimum Gasteiger partial charge on any atom is -0.480 e. The van der Waals surface area contributed by atoms with Crippen molar-refractivity contribution in [2.24, 2.45) is 4.99 Å². The molecule has 222 valence electrons. The second-order valence-electron chi connectivity index (χ2n) is 8.51. The van der Waals surface area contributed by atoms with Crippen LogP contribution in [0.3, 0.4) is 0 Å². The molecular formula is C27H20BrClF3IN2O6S. The van der Waals surface area contributed by atoms with E-state index >= 15 is 0 Å². The number of benzene rings is 2. The third-order valence-corrected chi connectivity index (χ3v) is 8.24. The van der Waals surface area contributed by atoms with E-state index in [9.17, 15) is 27.6 Å². The summed E-state index contributed by atoms with van der Waals surface area (Å²) in [6.07, 6.45) is -3.60. The van der Waals surface area contributed by atoms with Crippen LogP contribution in [0.2, 0.25) is 5.02 Å². The highest BCUT2D eigenvalue weighted by molar-refractivity contribution is 14.1. The van der Waals surface area contributed by atoms with Crippen LogP contribution in [0.4, 0.5) is 13.2 Å². The average Bonchev–Trinajstić information content (AvgIpc) is 3.22. The van der Waals surface area contributed by atoms with E-state index in [0.717, 1.165) is 4.57 Å². The van der Waals surface area contributed by atoms with Crippen molar-refractivity contribution >= 4 is 79.5 Å². The minimum absolute atomic E-state index is 0.00855. The van der Waals surface area contributed by atoms with Crippen molar-refractivity contribution in [2.75, 3.05) is 19.8 Å². The van der Waals surface area contributed by atoms with Gasteiger partial charge in [0.15, 0.2) is 17.1 Å². The number of allylic oxidation sites excluding steroid dienone is 1. The maximum Gasteiger partial charge on any atom is 0.434 e. The number of alkyl halides is 3. The molecule has 0 spiro atoms. The largest absolute Gasteiger partial charge is 0.480 e. The van der Waals surface area contributed by atoms with Crippen molar-refractivity contribution in [2.45, 2.75) is 26.1 Å². The molecule has 1 aliphatic heterocycles. The lowest BCUT2D eigenvalue weighted by Crippen LogP contribution is -2.41. The van der Waals surface area contributed by atoms with Crippen molar-refractivity contribution in [3.05, 3.63) is 91.5 Å². The van der Waals surface area contributed by atoms with E-state index in [2.05, 4.69) is 20.9 Å². The van der Waals surface area contributed by atoms with Crippen LogP contribution < -0.4 is 19.6 Å². The van der Waals surface area contributed by atoms with Crippen molar-refractivity contribution in [1.29, 1.82) is 0 Å². The van der Waals surface area contributed by atoms with Crippen LogP contribution in [0.25, 0.3) is 6.08 Å². The van der Waals surface area contributed by atoms with Crippen LogP contribution in [0.15, 0.2) is 61.9 Å². The van der Waals surface area contributed by atoms with Gasteiger partial charge in [-0.15, -0.1) is 0 Å². The van der Waals surface area contributed by atoms with Crippen molar-refractivity contribution in [3.63, 3.8) is 0 Å². The number of esters is 2. The molecule has 0 N–H and O–H groups in total. The number of nitrogens with zero attached hydrogens (tertiary/aromatic N) is 2. The Labute approximate surface area is 267 Å². The molecule has 0 saturated carbocycles. The molecule has 1 atom stereocenters. The third kappa shape index (κ3) is 6.92. The van der Waals surface area contributed by atoms with Crippen LogP contribution in [-0.4, -0.2) is 42.5 Å². The number of aromatic nitrogens is 1. The quantitative estimate of drug-likeness (QED) is 0.227. The molecule has 1 aliphatic rings. The molecule has 0 bridgehead atoms. The SMILES string of the molecule is CCOC(=O)COc1c(I)cc(Br)cc1/C=c1\sc2n(c1=O)[C@H](c1ccc(Cl)cc1)C(C(=O)OCC)=C(C(F)(F)F)N=2. The van der Waals surface area contributed by atoms with Gasteiger partial charge in [-0.3, -0.25) is 9.36 Å². The first-order chi connectivity index (χ1) is 19.8. The highest BCUT2D eigenvalue weighted by atomic mass is 127. The lowest BCUT2D eigenvalue weighted by Gasteiger charge is -2.26. The lowest BCUT2D eigenvalue weighted by atomic mass is 9.95. The lowest BCUT2D eigenvalue weighted by molar-refractivity contribution is -0.145. The smallest absolute Gasteiger partial charge is 0.434 e. The molecule has 2 heterocycles. The molecule has 3 aromatic rings. The van der Waals surface area contributed by atoms with Crippen LogP contribution in [0, 0.1) is 3.57 Å². The number of halogens is 6. The summed E-state index contributed by atoms with van der Waals surface area (Å²) in [6.45, 7) is 2.68. The molecule has 0 saturated heterocycles. The van der Waals surface area contributed by atoms with Gasteiger partial charge in [0.1, 0.15) is 5.75 Å². The Morgan fingerprint density at radius 2 is 1.83 bits per heavy atom. The van der Waals surface area contributed by atoms with Gasteiger partial charge in [0.05, 0.1) is 32.9 Å². The van der Waals surface area contributed by atoms with E-state index in [1.807, 2.05) is 22.6 Å². The van der Waals surface area contributed by atoms with Gasteiger partial charge in [0.2, 0.25) is 0 Å². The Morgan fingerprint density at radius 1 is 1.17 bits per heavy atom. The molecule has 0 radical (unpaired) electrons. The summed E-state index contributed by atoms with van der Waals surface area (Å²) in [4.78, 5) is 42.2. The standard InChI is InChI=1S/C27H20BrClF3IN2O6S/c1-3-39-19(36)12-41-22-14(9-15(28)11-17(22)33)10-18-24(37)35-21(13-5-7-16(29)8-6-13)20(25(38)40-4-2)23(27(30,31)32)34-26(35)42-18/h5-11,21H,3-4,12H2,1-2H3/b18-10-/t21-/m1/s1. The van der Waals surface area contributed by atoms with Gasteiger partial charge in [-0.1, -0.05) is 51.0 Å². The highest BCUT2D eigenvalue weighted by Crippen LogP contribution is 2.38. The number of carbonyl (C=O) groups is 2. The maximum atomic E-state index is 14.3. The number of thiazole rings is 1. The second-order valence-corrected chi connectivity index (χ2v) is 12.0. The fourth-order valence-corrected chi connectivity index (χ4v) is 6.94. The monoisotopic (exact) mass is 798 g/mol. The van der Waals surface area contributed by atoms with Crippen LogP contribution in [0.1, 0.15) is 31.0 Å². The van der Waals surface area contributed by atoms with Crippen molar-refractivity contribution in [1.82, 2.24) is 4.57 Å². The van der Waals surface area contributed by atoms with Gasteiger partial charge in [-0.05, 0) is 72.3 Å². The van der Waals surface area contributed by atoms with Crippen molar-refractivity contribution < 1.29 is 37.0 Å². The van der Waals surface area contributed by atoms with E-state index in [1.165, 1.54) is 37.3 Å². The van der Waals surface area contributed by atoms with Gasteiger partial charge in [0, 0.05) is 15.1 Å². The predicted molar refractivity (Wildman–Crippen MR) is 161 cm³/mol. The van der Waals surface area contributed by atoms with E-state index in [-0.39, 0.29) is 33.9 Å². The number of hydrogen-bond donors (Lipinski definition) is 0. The zero-order valence-electron chi connectivity index (χ0n) is 21.8. The first-order valence-corrected chi connectivity index (χ1v) is 15.3.